The highest BCUT2D eigenvalue weighted by Gasteiger charge is 2.25. The molecular weight excluding hydrogens is 247 g/mol. The third-order valence-electron chi connectivity index (χ3n) is 2.51. The van der Waals surface area contributed by atoms with Crippen molar-refractivity contribution >= 4 is 17.5 Å². The largest absolute Gasteiger partial charge is 0.399 e. The Hall–Kier alpha value is -2.69. The molecule has 0 aliphatic carbocycles. The van der Waals surface area contributed by atoms with Gasteiger partial charge in [0.15, 0.2) is 0 Å². The van der Waals surface area contributed by atoms with Gasteiger partial charge in [-0.1, -0.05) is 12.1 Å². The van der Waals surface area contributed by atoms with Gasteiger partial charge in [-0.25, -0.2) is 4.39 Å². The summed E-state index contributed by atoms with van der Waals surface area (Å²) in [7, 11) is 0. The van der Waals surface area contributed by atoms with E-state index in [-0.39, 0.29) is 17.6 Å². The number of halogens is 1. The summed E-state index contributed by atoms with van der Waals surface area (Å²) >= 11 is 0. The number of carbonyl (C=O) groups is 2. The van der Waals surface area contributed by atoms with Gasteiger partial charge in [-0.05, 0) is 36.4 Å². The molecule has 2 amide bonds. The van der Waals surface area contributed by atoms with E-state index in [1.165, 1.54) is 24.3 Å². The lowest BCUT2D eigenvalue weighted by atomic mass is 10.1. The van der Waals surface area contributed by atoms with Gasteiger partial charge >= 0.3 is 0 Å². The van der Waals surface area contributed by atoms with E-state index >= 15 is 0 Å². The molecule has 0 saturated carbocycles. The van der Waals surface area contributed by atoms with Gasteiger partial charge < -0.3 is 5.73 Å². The molecule has 0 saturated heterocycles. The Bertz CT molecular complexity index is 570. The molecular formula is C14H11FN2O2. The van der Waals surface area contributed by atoms with Gasteiger partial charge in [0, 0.05) is 5.69 Å². The number of imide groups is 1. The summed E-state index contributed by atoms with van der Waals surface area (Å²) in [5.74, 6) is -0.851. The van der Waals surface area contributed by atoms with E-state index in [2.05, 4.69) is 5.32 Å². The monoisotopic (exact) mass is 258 g/mol. The molecule has 19 heavy (non-hydrogen) atoms. The van der Waals surface area contributed by atoms with Crippen LogP contribution in [0.15, 0.2) is 48.5 Å². The third kappa shape index (κ3) is 2.95. The van der Waals surface area contributed by atoms with Crippen molar-refractivity contribution in [3.8, 4) is 0 Å². The number of hydrogen-bond donors (Lipinski definition) is 2. The Labute approximate surface area is 109 Å². The van der Waals surface area contributed by atoms with Crippen LogP contribution in [-0.2, 0) is 0 Å². The number of nitrogens with one attached hydrogen (secondary N) is 1. The van der Waals surface area contributed by atoms with Crippen LogP contribution >= 0.6 is 0 Å². The first kappa shape index (κ1) is 12.8. The lowest BCUT2D eigenvalue weighted by Crippen LogP contribution is -2.19. The number of carbonyl (C=O) groups excluding carboxylic acids is 2. The Balaban J connectivity index is 0.000000148. The standard InChI is InChI=1S/C8H5NO2.C6H6FN/c10-7-5-3-1-2-4-6(5)8(11)9-7;7-5-1-3-6(8)4-2-5/h1-4H,(H,9,10,11);1-4H,8H2. The number of hydrogen-bond acceptors (Lipinski definition) is 3. The second-order valence-electron chi connectivity index (χ2n) is 3.88. The predicted molar refractivity (Wildman–Crippen MR) is 69.1 cm³/mol. The number of anilines is 1. The SMILES string of the molecule is Nc1ccc(F)cc1.O=C1NC(=O)c2ccccc21. The van der Waals surface area contributed by atoms with Crippen molar-refractivity contribution in [1.82, 2.24) is 5.32 Å². The normalized spacial score (nSPS) is 12.3. The minimum absolute atomic E-state index is 0.251. The van der Waals surface area contributed by atoms with Crippen molar-refractivity contribution in [1.29, 1.82) is 0 Å². The van der Waals surface area contributed by atoms with Crippen molar-refractivity contribution in [2.45, 2.75) is 0 Å². The Morgan fingerprint density at radius 3 is 1.74 bits per heavy atom. The van der Waals surface area contributed by atoms with Gasteiger partial charge in [0.2, 0.25) is 0 Å². The summed E-state index contributed by atoms with van der Waals surface area (Å²) < 4.78 is 12.0. The minimum atomic E-state index is -0.300. The summed E-state index contributed by atoms with van der Waals surface area (Å²) in [6.07, 6.45) is 0. The number of nitrogens with two attached hydrogens (primary N) is 1. The summed E-state index contributed by atoms with van der Waals surface area (Å²) in [5, 5.41) is 2.20. The summed E-state index contributed by atoms with van der Waals surface area (Å²) in [6.45, 7) is 0. The number of fused-ring (bicyclic) bond motifs is 1. The fraction of sp³-hybridized carbons (Fsp3) is 0. The quantitative estimate of drug-likeness (QED) is 0.560. The van der Waals surface area contributed by atoms with Crippen molar-refractivity contribution in [2.24, 2.45) is 0 Å². The van der Waals surface area contributed by atoms with E-state index in [0.717, 1.165) is 0 Å². The van der Waals surface area contributed by atoms with Crippen molar-refractivity contribution in [3.63, 3.8) is 0 Å². The van der Waals surface area contributed by atoms with Crippen molar-refractivity contribution < 1.29 is 14.0 Å². The number of benzene rings is 2. The summed E-state index contributed by atoms with van der Waals surface area (Å²) in [4.78, 5) is 21.9. The lowest BCUT2D eigenvalue weighted by Gasteiger charge is -1.88. The molecule has 5 heteroatoms. The highest BCUT2D eigenvalue weighted by Crippen LogP contribution is 2.13. The molecule has 2 aromatic rings. The van der Waals surface area contributed by atoms with Crippen LogP contribution in [0.25, 0.3) is 0 Å². The molecule has 0 spiro atoms. The van der Waals surface area contributed by atoms with Crippen LogP contribution in [0.2, 0.25) is 0 Å². The summed E-state index contributed by atoms with van der Waals surface area (Å²) in [5.41, 5.74) is 6.79. The lowest BCUT2D eigenvalue weighted by molar-refractivity contribution is 0.0879. The van der Waals surface area contributed by atoms with Gasteiger partial charge in [-0.3, -0.25) is 14.9 Å². The van der Waals surface area contributed by atoms with Crippen LogP contribution in [0.5, 0.6) is 0 Å². The van der Waals surface area contributed by atoms with E-state index < -0.39 is 0 Å². The molecule has 1 heterocycles. The van der Waals surface area contributed by atoms with Crippen LogP contribution in [0.3, 0.4) is 0 Å². The first-order valence-electron chi connectivity index (χ1n) is 5.53. The average Bonchev–Trinajstić information content (AvgIpc) is 2.70. The number of amides is 2. The van der Waals surface area contributed by atoms with Crippen LogP contribution in [0.1, 0.15) is 20.7 Å². The van der Waals surface area contributed by atoms with Gasteiger partial charge in [-0.2, -0.15) is 0 Å². The van der Waals surface area contributed by atoms with E-state index in [0.29, 0.717) is 16.8 Å². The smallest absolute Gasteiger partial charge is 0.258 e. The first-order valence-corrected chi connectivity index (χ1v) is 5.53. The minimum Gasteiger partial charge on any atom is -0.399 e. The maximum atomic E-state index is 12.0. The topological polar surface area (TPSA) is 72.2 Å². The van der Waals surface area contributed by atoms with Crippen LogP contribution in [-0.4, -0.2) is 11.8 Å². The molecule has 3 N–H and O–H groups in total. The zero-order chi connectivity index (χ0) is 13.8. The fourth-order valence-corrected chi connectivity index (χ4v) is 1.58. The molecule has 3 rings (SSSR count). The molecule has 1 aliphatic rings. The Kier molecular flexibility index (Phi) is 3.56. The predicted octanol–water partition coefficient (Wildman–Crippen LogP) is 1.98. The second-order valence-corrected chi connectivity index (χ2v) is 3.88. The van der Waals surface area contributed by atoms with E-state index in [4.69, 9.17) is 5.73 Å². The Morgan fingerprint density at radius 1 is 0.842 bits per heavy atom. The highest BCUT2D eigenvalue weighted by atomic mass is 19.1. The van der Waals surface area contributed by atoms with E-state index in [9.17, 15) is 14.0 Å². The average molecular weight is 258 g/mol. The zero-order valence-electron chi connectivity index (χ0n) is 9.89. The maximum Gasteiger partial charge on any atom is 0.258 e. The summed E-state index contributed by atoms with van der Waals surface area (Å²) in [6, 6.07) is 12.4. The number of rotatable bonds is 0. The molecule has 0 bridgehead atoms. The van der Waals surface area contributed by atoms with Gasteiger partial charge in [-0.15, -0.1) is 0 Å². The molecule has 0 atom stereocenters. The van der Waals surface area contributed by atoms with E-state index in [1.807, 2.05) is 0 Å². The molecule has 2 aromatic carbocycles. The van der Waals surface area contributed by atoms with Crippen molar-refractivity contribution in [2.75, 3.05) is 5.73 Å². The number of nitrogen functional groups attached to an aromatic ring is 1. The second kappa shape index (κ2) is 5.30. The molecule has 0 radical (unpaired) electrons. The Morgan fingerprint density at radius 2 is 1.32 bits per heavy atom. The molecule has 96 valence electrons. The maximum absolute atomic E-state index is 12.0. The molecule has 0 unspecified atom stereocenters. The van der Waals surface area contributed by atoms with Crippen LogP contribution in [0.4, 0.5) is 10.1 Å². The molecule has 0 fully saturated rings. The van der Waals surface area contributed by atoms with Gasteiger partial charge in [0.1, 0.15) is 5.82 Å². The third-order valence-corrected chi connectivity index (χ3v) is 2.51. The molecule has 0 aromatic heterocycles. The zero-order valence-corrected chi connectivity index (χ0v) is 9.89. The van der Waals surface area contributed by atoms with Crippen molar-refractivity contribution in [3.05, 3.63) is 65.5 Å². The van der Waals surface area contributed by atoms with Gasteiger partial charge in [0.25, 0.3) is 11.8 Å². The molecule has 4 nitrogen and oxygen atoms in total. The van der Waals surface area contributed by atoms with E-state index in [1.54, 1.807) is 24.3 Å². The highest BCUT2D eigenvalue weighted by molar-refractivity contribution is 6.21. The van der Waals surface area contributed by atoms with Gasteiger partial charge in [0.05, 0.1) is 11.1 Å². The van der Waals surface area contributed by atoms with Crippen LogP contribution < -0.4 is 11.1 Å². The fourth-order valence-electron chi connectivity index (χ4n) is 1.58. The first-order chi connectivity index (χ1) is 9.08. The molecule has 1 aliphatic heterocycles. The van der Waals surface area contributed by atoms with Crippen LogP contribution in [0, 0.1) is 5.82 Å².